The van der Waals surface area contributed by atoms with E-state index in [0.29, 0.717) is 12.5 Å². The lowest BCUT2D eigenvalue weighted by atomic mass is 9.80. The van der Waals surface area contributed by atoms with Gasteiger partial charge in [0.2, 0.25) is 0 Å². The number of hydrogen-bond donors (Lipinski definition) is 1. The number of carbonyl (C=O) groups is 1. The molecule has 21 heavy (non-hydrogen) atoms. The topological polar surface area (TPSA) is 42.1 Å². The van der Waals surface area contributed by atoms with Crippen molar-refractivity contribution in [2.24, 2.45) is 5.92 Å². The molecule has 2 aromatic rings. The Hall–Kier alpha value is -1.48. The molecule has 3 nitrogen and oxygen atoms in total. The summed E-state index contributed by atoms with van der Waals surface area (Å²) < 4.78 is 5.25. The molecule has 3 rings (SSSR count). The highest BCUT2D eigenvalue weighted by Gasteiger charge is 2.34. The number of ether oxygens (including phenoxy) is 1. The molecular formula is C17H20ClNO2. The summed E-state index contributed by atoms with van der Waals surface area (Å²) in [6.45, 7) is 6.47. The lowest BCUT2D eigenvalue weighted by Gasteiger charge is -2.25. The van der Waals surface area contributed by atoms with E-state index in [0.717, 1.165) is 34.6 Å². The summed E-state index contributed by atoms with van der Waals surface area (Å²) in [6.07, 6.45) is 1.83. The third kappa shape index (κ3) is 2.34. The fourth-order valence-corrected chi connectivity index (χ4v) is 3.54. The minimum atomic E-state index is -0.186. The van der Waals surface area contributed by atoms with Gasteiger partial charge in [-0.2, -0.15) is 0 Å². The van der Waals surface area contributed by atoms with Gasteiger partial charge in [0.25, 0.3) is 0 Å². The minimum Gasteiger partial charge on any atom is -0.465 e. The molecule has 112 valence electrons. The molecule has 1 N–H and O–H groups in total. The van der Waals surface area contributed by atoms with Gasteiger partial charge in [-0.1, -0.05) is 24.6 Å². The highest BCUT2D eigenvalue weighted by Crippen LogP contribution is 2.40. The number of aromatic amines is 1. The van der Waals surface area contributed by atoms with E-state index in [9.17, 15) is 4.79 Å². The number of rotatable bonds is 2. The van der Waals surface area contributed by atoms with Crippen molar-refractivity contribution in [1.82, 2.24) is 4.98 Å². The van der Waals surface area contributed by atoms with Crippen molar-refractivity contribution in [2.45, 2.75) is 39.5 Å². The molecule has 0 radical (unpaired) electrons. The van der Waals surface area contributed by atoms with Gasteiger partial charge in [0.05, 0.1) is 18.0 Å². The van der Waals surface area contributed by atoms with Crippen molar-refractivity contribution < 1.29 is 9.53 Å². The van der Waals surface area contributed by atoms with E-state index in [1.807, 2.05) is 19.9 Å². The number of esters is 1. The van der Waals surface area contributed by atoms with Gasteiger partial charge >= 0.3 is 5.97 Å². The van der Waals surface area contributed by atoms with Crippen LogP contribution in [0.5, 0.6) is 0 Å². The number of nitrogens with one attached hydrogen (secondary N) is 1. The van der Waals surface area contributed by atoms with Crippen LogP contribution < -0.4 is 0 Å². The molecule has 0 saturated heterocycles. The second-order valence-corrected chi connectivity index (χ2v) is 6.37. The number of halogens is 1. The maximum absolute atomic E-state index is 12.3. The normalized spacial score (nSPS) is 21.3. The maximum Gasteiger partial charge on any atom is 0.314 e. The fraction of sp³-hybridized carbons (Fsp3) is 0.471. The van der Waals surface area contributed by atoms with Crippen molar-refractivity contribution >= 4 is 28.5 Å². The summed E-state index contributed by atoms with van der Waals surface area (Å²) in [5, 5.41) is 1.94. The zero-order valence-corrected chi connectivity index (χ0v) is 13.4. The SMILES string of the molecule is CCOC(=O)C1CC(C)Cc2c1[nH]c1c(C)c(Cl)ccc21. The number of fused-ring (bicyclic) bond motifs is 3. The van der Waals surface area contributed by atoms with Gasteiger partial charge < -0.3 is 9.72 Å². The van der Waals surface area contributed by atoms with Gasteiger partial charge in [0.1, 0.15) is 0 Å². The molecule has 2 unspecified atom stereocenters. The molecule has 2 atom stereocenters. The number of carbonyl (C=O) groups excluding carboxylic acids is 1. The number of hydrogen-bond acceptors (Lipinski definition) is 2. The van der Waals surface area contributed by atoms with E-state index in [1.54, 1.807) is 0 Å². The molecule has 1 aromatic heterocycles. The Bertz CT molecular complexity index is 704. The van der Waals surface area contributed by atoms with Gasteiger partial charge in [0.15, 0.2) is 0 Å². The van der Waals surface area contributed by atoms with E-state index >= 15 is 0 Å². The van der Waals surface area contributed by atoms with Gasteiger partial charge in [0, 0.05) is 16.1 Å². The molecule has 1 heterocycles. The van der Waals surface area contributed by atoms with Crippen LogP contribution in [0.1, 0.15) is 43.0 Å². The fourth-order valence-electron chi connectivity index (χ4n) is 3.38. The van der Waals surface area contributed by atoms with Crippen LogP contribution in [0.3, 0.4) is 0 Å². The van der Waals surface area contributed by atoms with E-state index in [-0.39, 0.29) is 11.9 Å². The van der Waals surface area contributed by atoms with Crippen molar-refractivity contribution in [3.63, 3.8) is 0 Å². The van der Waals surface area contributed by atoms with Crippen molar-refractivity contribution in [2.75, 3.05) is 6.61 Å². The largest absolute Gasteiger partial charge is 0.465 e. The smallest absolute Gasteiger partial charge is 0.314 e. The monoisotopic (exact) mass is 305 g/mol. The molecule has 1 aliphatic carbocycles. The summed E-state index contributed by atoms with van der Waals surface area (Å²) in [5.41, 5.74) is 4.36. The van der Waals surface area contributed by atoms with E-state index in [2.05, 4.69) is 18.0 Å². The Morgan fingerprint density at radius 1 is 1.48 bits per heavy atom. The third-order valence-corrected chi connectivity index (χ3v) is 4.83. The third-order valence-electron chi connectivity index (χ3n) is 4.42. The first kappa shape index (κ1) is 14.5. The first-order chi connectivity index (χ1) is 10.0. The van der Waals surface area contributed by atoms with E-state index in [1.165, 1.54) is 10.9 Å². The average molecular weight is 306 g/mol. The Balaban J connectivity index is 2.17. The zero-order valence-electron chi connectivity index (χ0n) is 12.6. The van der Waals surface area contributed by atoms with Gasteiger partial charge in [-0.25, -0.2) is 0 Å². The van der Waals surface area contributed by atoms with E-state index in [4.69, 9.17) is 16.3 Å². The first-order valence-corrected chi connectivity index (χ1v) is 7.86. The maximum atomic E-state index is 12.3. The molecule has 1 aliphatic rings. The number of aryl methyl sites for hydroxylation is 1. The predicted molar refractivity (Wildman–Crippen MR) is 84.9 cm³/mol. The number of H-pyrrole nitrogens is 1. The van der Waals surface area contributed by atoms with Crippen LogP contribution in [-0.2, 0) is 16.0 Å². The molecular weight excluding hydrogens is 286 g/mol. The summed E-state index contributed by atoms with van der Waals surface area (Å²) in [4.78, 5) is 15.7. The molecule has 0 aliphatic heterocycles. The van der Waals surface area contributed by atoms with Crippen LogP contribution in [0.4, 0.5) is 0 Å². The molecule has 0 saturated carbocycles. The van der Waals surface area contributed by atoms with Crippen molar-refractivity contribution in [3.8, 4) is 0 Å². The standard InChI is InChI=1S/C17H20ClNO2/c1-4-21-17(20)13-8-9(2)7-12-11-5-6-14(18)10(3)15(11)19-16(12)13/h5-6,9,13,19H,4,7-8H2,1-3H3. The van der Waals surface area contributed by atoms with Crippen LogP contribution in [0.2, 0.25) is 5.02 Å². The van der Waals surface area contributed by atoms with Crippen LogP contribution in [-0.4, -0.2) is 17.6 Å². The molecule has 0 spiro atoms. The van der Waals surface area contributed by atoms with Crippen molar-refractivity contribution in [3.05, 3.63) is 34.0 Å². The molecule has 4 heteroatoms. The average Bonchev–Trinajstić information content (AvgIpc) is 2.81. The second kappa shape index (κ2) is 5.38. The van der Waals surface area contributed by atoms with Crippen LogP contribution in [0, 0.1) is 12.8 Å². The van der Waals surface area contributed by atoms with Gasteiger partial charge in [-0.15, -0.1) is 0 Å². The summed E-state index contributed by atoms with van der Waals surface area (Å²) in [5.74, 6) is 0.164. The Morgan fingerprint density at radius 3 is 2.95 bits per heavy atom. The highest BCUT2D eigenvalue weighted by atomic mass is 35.5. The Labute approximate surface area is 129 Å². The quantitative estimate of drug-likeness (QED) is 0.838. The predicted octanol–water partition coefficient (Wildman–Crippen LogP) is 4.36. The lowest BCUT2D eigenvalue weighted by molar-refractivity contribution is -0.145. The van der Waals surface area contributed by atoms with E-state index < -0.39 is 0 Å². The van der Waals surface area contributed by atoms with Gasteiger partial charge in [-0.05, 0) is 49.8 Å². The molecule has 0 fully saturated rings. The lowest BCUT2D eigenvalue weighted by Crippen LogP contribution is -2.24. The van der Waals surface area contributed by atoms with Crippen LogP contribution in [0.15, 0.2) is 12.1 Å². The Morgan fingerprint density at radius 2 is 2.24 bits per heavy atom. The summed E-state index contributed by atoms with van der Waals surface area (Å²) in [6, 6.07) is 3.99. The second-order valence-electron chi connectivity index (χ2n) is 5.96. The summed E-state index contributed by atoms with van der Waals surface area (Å²) in [7, 11) is 0. The summed E-state index contributed by atoms with van der Waals surface area (Å²) >= 11 is 6.22. The van der Waals surface area contributed by atoms with Gasteiger partial charge in [-0.3, -0.25) is 4.79 Å². The molecule has 0 amide bonds. The van der Waals surface area contributed by atoms with Crippen molar-refractivity contribution in [1.29, 1.82) is 0 Å². The zero-order chi connectivity index (χ0) is 15.1. The van der Waals surface area contributed by atoms with Crippen LogP contribution >= 0.6 is 11.6 Å². The minimum absolute atomic E-state index is 0.124. The number of aromatic nitrogens is 1. The Kier molecular flexibility index (Phi) is 3.70. The number of benzene rings is 1. The van der Waals surface area contributed by atoms with Crippen LogP contribution in [0.25, 0.3) is 10.9 Å². The molecule has 0 bridgehead atoms. The molecule has 1 aromatic carbocycles. The highest BCUT2D eigenvalue weighted by molar-refractivity contribution is 6.32. The first-order valence-electron chi connectivity index (χ1n) is 7.49.